The van der Waals surface area contributed by atoms with Gasteiger partial charge in [-0.3, -0.25) is 0 Å². The number of rotatable bonds is 3. The zero-order chi connectivity index (χ0) is 12.9. The molecule has 2 fully saturated rings. The van der Waals surface area contributed by atoms with E-state index in [0.29, 0.717) is 12.0 Å². The molecule has 0 spiro atoms. The third kappa shape index (κ3) is 3.29. The van der Waals surface area contributed by atoms with Crippen LogP contribution in [-0.2, 0) is 0 Å². The van der Waals surface area contributed by atoms with Gasteiger partial charge in [-0.15, -0.1) is 0 Å². The Balaban J connectivity index is 1.72. The van der Waals surface area contributed by atoms with Crippen LogP contribution in [0, 0.1) is 0 Å². The van der Waals surface area contributed by atoms with Crippen LogP contribution < -0.4 is 4.74 Å². The van der Waals surface area contributed by atoms with Gasteiger partial charge >= 0.3 is 0 Å². The predicted molar refractivity (Wildman–Crippen MR) is 77.6 cm³/mol. The molecule has 1 aromatic rings. The van der Waals surface area contributed by atoms with Gasteiger partial charge < -0.3 is 4.74 Å². The second kappa shape index (κ2) is 6.40. The van der Waals surface area contributed by atoms with Crippen molar-refractivity contribution in [2.45, 2.75) is 76.2 Å². The summed E-state index contributed by atoms with van der Waals surface area (Å²) in [6.45, 7) is 0. The fourth-order valence-corrected chi connectivity index (χ4v) is 3.57. The molecule has 19 heavy (non-hydrogen) atoms. The quantitative estimate of drug-likeness (QED) is 0.774. The average Bonchev–Trinajstić information content (AvgIpc) is 2.50. The van der Waals surface area contributed by atoms with Crippen molar-refractivity contribution in [3.63, 3.8) is 0 Å². The lowest BCUT2D eigenvalue weighted by atomic mass is 9.84. The molecule has 1 aromatic heterocycles. The van der Waals surface area contributed by atoms with E-state index in [4.69, 9.17) is 4.74 Å². The first-order valence-electron chi connectivity index (χ1n) is 8.05. The SMILES string of the molecule is c1cnc(OC2CCCCC2)c(C2CCCCC2)c1. The maximum atomic E-state index is 6.23. The van der Waals surface area contributed by atoms with Gasteiger partial charge in [-0.2, -0.15) is 0 Å². The Morgan fingerprint density at radius 2 is 1.58 bits per heavy atom. The molecular weight excluding hydrogens is 234 g/mol. The summed E-state index contributed by atoms with van der Waals surface area (Å²) in [5.41, 5.74) is 1.37. The van der Waals surface area contributed by atoms with Gasteiger partial charge in [-0.05, 0) is 50.5 Å². The van der Waals surface area contributed by atoms with Crippen molar-refractivity contribution in [1.29, 1.82) is 0 Å². The molecule has 0 atom stereocenters. The number of pyridine rings is 1. The molecule has 2 aliphatic rings. The van der Waals surface area contributed by atoms with Crippen LogP contribution >= 0.6 is 0 Å². The second-order valence-electron chi connectivity index (χ2n) is 6.11. The first-order valence-corrected chi connectivity index (χ1v) is 8.05. The fraction of sp³-hybridized carbons (Fsp3) is 0.706. The minimum absolute atomic E-state index is 0.408. The van der Waals surface area contributed by atoms with Crippen molar-refractivity contribution in [3.05, 3.63) is 23.9 Å². The smallest absolute Gasteiger partial charge is 0.217 e. The molecule has 0 N–H and O–H groups in total. The van der Waals surface area contributed by atoms with Crippen molar-refractivity contribution in [1.82, 2.24) is 4.98 Å². The minimum Gasteiger partial charge on any atom is -0.474 e. The topological polar surface area (TPSA) is 22.1 Å². The highest BCUT2D eigenvalue weighted by molar-refractivity contribution is 5.30. The predicted octanol–water partition coefficient (Wildman–Crippen LogP) is 4.84. The maximum absolute atomic E-state index is 6.23. The summed E-state index contributed by atoms with van der Waals surface area (Å²) >= 11 is 0. The van der Waals surface area contributed by atoms with Crippen molar-refractivity contribution in [3.8, 4) is 5.88 Å². The highest BCUT2D eigenvalue weighted by Crippen LogP contribution is 2.37. The van der Waals surface area contributed by atoms with Gasteiger partial charge in [0.15, 0.2) is 0 Å². The Bertz CT molecular complexity index is 392. The van der Waals surface area contributed by atoms with Crippen LogP contribution in [0.3, 0.4) is 0 Å². The Morgan fingerprint density at radius 3 is 2.32 bits per heavy atom. The lowest BCUT2D eigenvalue weighted by Crippen LogP contribution is -2.21. The molecule has 0 saturated heterocycles. The van der Waals surface area contributed by atoms with Gasteiger partial charge in [0.2, 0.25) is 5.88 Å². The maximum Gasteiger partial charge on any atom is 0.217 e. The number of nitrogens with zero attached hydrogens (tertiary/aromatic N) is 1. The van der Waals surface area contributed by atoms with Crippen LogP contribution in [-0.4, -0.2) is 11.1 Å². The van der Waals surface area contributed by atoms with E-state index >= 15 is 0 Å². The normalized spacial score (nSPS) is 22.3. The molecule has 3 rings (SSSR count). The summed E-state index contributed by atoms with van der Waals surface area (Å²) in [5.74, 6) is 1.61. The Morgan fingerprint density at radius 1 is 0.895 bits per heavy atom. The van der Waals surface area contributed by atoms with Gasteiger partial charge in [0, 0.05) is 11.8 Å². The monoisotopic (exact) mass is 259 g/mol. The molecule has 0 amide bonds. The van der Waals surface area contributed by atoms with E-state index in [1.54, 1.807) is 0 Å². The summed E-state index contributed by atoms with van der Waals surface area (Å²) in [7, 11) is 0. The highest BCUT2D eigenvalue weighted by Gasteiger charge is 2.22. The summed E-state index contributed by atoms with van der Waals surface area (Å²) < 4.78 is 6.23. The molecular formula is C17H25NO. The van der Waals surface area contributed by atoms with E-state index in [1.807, 2.05) is 6.20 Å². The van der Waals surface area contributed by atoms with Gasteiger partial charge in [0.25, 0.3) is 0 Å². The molecule has 104 valence electrons. The van der Waals surface area contributed by atoms with E-state index in [-0.39, 0.29) is 0 Å². The second-order valence-corrected chi connectivity index (χ2v) is 6.11. The average molecular weight is 259 g/mol. The minimum atomic E-state index is 0.408. The standard InChI is InChI=1S/C17H25NO/c1-3-8-14(9-4-1)16-12-7-13-18-17(16)19-15-10-5-2-6-11-15/h7,12-15H,1-6,8-11H2. The molecule has 2 saturated carbocycles. The van der Waals surface area contributed by atoms with Crippen LogP contribution in [0.25, 0.3) is 0 Å². The lowest BCUT2D eigenvalue weighted by Gasteiger charge is -2.27. The number of aromatic nitrogens is 1. The van der Waals surface area contributed by atoms with Crippen LogP contribution in [0.2, 0.25) is 0 Å². The fourth-order valence-electron chi connectivity index (χ4n) is 3.57. The van der Waals surface area contributed by atoms with E-state index in [1.165, 1.54) is 69.8 Å². The van der Waals surface area contributed by atoms with Gasteiger partial charge in [-0.25, -0.2) is 4.98 Å². The molecule has 0 radical (unpaired) electrons. The number of hydrogen-bond donors (Lipinski definition) is 0. The first-order chi connectivity index (χ1) is 9.43. The van der Waals surface area contributed by atoms with E-state index in [2.05, 4.69) is 17.1 Å². The van der Waals surface area contributed by atoms with Crippen LogP contribution in [0.1, 0.15) is 75.7 Å². The van der Waals surface area contributed by atoms with Crippen molar-refractivity contribution >= 4 is 0 Å². The van der Waals surface area contributed by atoms with Crippen molar-refractivity contribution in [2.75, 3.05) is 0 Å². The van der Waals surface area contributed by atoms with Gasteiger partial charge in [0.1, 0.15) is 6.10 Å². The molecule has 2 nitrogen and oxygen atoms in total. The van der Waals surface area contributed by atoms with E-state index < -0.39 is 0 Å². The van der Waals surface area contributed by atoms with Crippen LogP contribution in [0.15, 0.2) is 18.3 Å². The molecule has 0 bridgehead atoms. The summed E-state index contributed by atoms with van der Waals surface area (Å²) in [5, 5.41) is 0. The number of ether oxygens (including phenoxy) is 1. The third-order valence-corrected chi connectivity index (χ3v) is 4.68. The molecule has 0 aromatic carbocycles. The van der Waals surface area contributed by atoms with E-state index in [0.717, 1.165) is 5.88 Å². The first kappa shape index (κ1) is 13.0. The number of hydrogen-bond acceptors (Lipinski definition) is 2. The van der Waals surface area contributed by atoms with Crippen molar-refractivity contribution in [2.24, 2.45) is 0 Å². The van der Waals surface area contributed by atoms with Gasteiger partial charge in [0.05, 0.1) is 0 Å². The van der Waals surface area contributed by atoms with Gasteiger partial charge in [-0.1, -0.05) is 31.7 Å². The molecule has 2 aliphatic carbocycles. The molecule has 2 heteroatoms. The summed E-state index contributed by atoms with van der Waals surface area (Å²) in [6, 6.07) is 4.30. The van der Waals surface area contributed by atoms with Crippen LogP contribution in [0.4, 0.5) is 0 Å². The Kier molecular flexibility index (Phi) is 4.37. The Labute approximate surface area is 116 Å². The molecule has 0 aliphatic heterocycles. The zero-order valence-electron chi connectivity index (χ0n) is 11.8. The highest BCUT2D eigenvalue weighted by atomic mass is 16.5. The van der Waals surface area contributed by atoms with E-state index in [9.17, 15) is 0 Å². The molecule has 0 unspecified atom stereocenters. The summed E-state index contributed by atoms with van der Waals surface area (Å²) in [6.07, 6.45) is 15.5. The summed E-state index contributed by atoms with van der Waals surface area (Å²) in [4.78, 5) is 4.53. The van der Waals surface area contributed by atoms with Crippen LogP contribution in [0.5, 0.6) is 5.88 Å². The largest absolute Gasteiger partial charge is 0.474 e. The third-order valence-electron chi connectivity index (χ3n) is 4.68. The zero-order valence-corrected chi connectivity index (χ0v) is 11.8. The Hall–Kier alpha value is -1.05. The molecule has 1 heterocycles. The van der Waals surface area contributed by atoms with Crippen molar-refractivity contribution < 1.29 is 4.74 Å². The lowest BCUT2D eigenvalue weighted by molar-refractivity contribution is 0.146.